The highest BCUT2D eigenvalue weighted by molar-refractivity contribution is 9.10. The topological polar surface area (TPSA) is 26.3 Å². The van der Waals surface area contributed by atoms with Gasteiger partial charge in [-0.15, -0.1) is 0 Å². The zero-order valence-electron chi connectivity index (χ0n) is 10.0. The molecule has 0 N–H and O–H groups in total. The molecule has 5 heteroatoms. The van der Waals surface area contributed by atoms with Crippen molar-refractivity contribution in [3.63, 3.8) is 0 Å². The average Bonchev–Trinajstić information content (AvgIpc) is 2.42. The minimum atomic E-state index is -0.387. The number of halogens is 2. The Morgan fingerprint density at radius 2 is 1.89 bits per heavy atom. The summed E-state index contributed by atoms with van der Waals surface area (Å²) in [6, 6.07) is 13.1. The maximum absolute atomic E-state index is 11.4. The van der Waals surface area contributed by atoms with Gasteiger partial charge in [0.25, 0.3) is 0 Å². The molecule has 0 saturated carbocycles. The fraction of sp³-hybridized carbons (Fsp3) is 0.0714. The summed E-state index contributed by atoms with van der Waals surface area (Å²) in [5, 5.41) is 0.538. The molecule has 0 saturated heterocycles. The van der Waals surface area contributed by atoms with Crippen molar-refractivity contribution in [1.82, 2.24) is 0 Å². The number of hydrogen-bond acceptors (Lipinski definition) is 3. The van der Waals surface area contributed by atoms with Crippen LogP contribution in [-0.2, 0) is 4.74 Å². The summed E-state index contributed by atoms with van der Waals surface area (Å²) in [6.07, 6.45) is 0. The molecule has 0 spiro atoms. The highest BCUT2D eigenvalue weighted by Gasteiger charge is 2.09. The summed E-state index contributed by atoms with van der Waals surface area (Å²) in [4.78, 5) is 13.4. The van der Waals surface area contributed by atoms with Crippen LogP contribution in [0.15, 0.2) is 56.7 Å². The molecule has 0 amide bonds. The second-order valence-corrected chi connectivity index (χ2v) is 6.13. The van der Waals surface area contributed by atoms with Gasteiger partial charge < -0.3 is 4.74 Å². The van der Waals surface area contributed by atoms with E-state index in [-0.39, 0.29) is 5.97 Å². The second-order valence-electron chi connectivity index (χ2n) is 3.69. The molecule has 0 heterocycles. The van der Waals surface area contributed by atoms with Gasteiger partial charge in [0.1, 0.15) is 0 Å². The van der Waals surface area contributed by atoms with E-state index in [1.54, 1.807) is 23.9 Å². The second kappa shape index (κ2) is 6.46. The third-order valence-corrected chi connectivity index (χ3v) is 4.43. The van der Waals surface area contributed by atoms with E-state index >= 15 is 0 Å². The lowest BCUT2D eigenvalue weighted by molar-refractivity contribution is 0.0600. The van der Waals surface area contributed by atoms with Crippen LogP contribution >= 0.6 is 39.3 Å². The van der Waals surface area contributed by atoms with Gasteiger partial charge in [-0.3, -0.25) is 0 Å². The van der Waals surface area contributed by atoms with Gasteiger partial charge in [0.05, 0.1) is 17.7 Å². The molecule has 0 unspecified atom stereocenters. The minimum absolute atomic E-state index is 0.387. The molecule has 98 valence electrons. The van der Waals surface area contributed by atoms with E-state index in [1.165, 1.54) is 7.11 Å². The average molecular weight is 358 g/mol. The molecule has 0 fully saturated rings. The molecule has 2 aromatic carbocycles. The first kappa shape index (κ1) is 14.4. The Morgan fingerprint density at radius 1 is 1.21 bits per heavy atom. The Kier molecular flexibility index (Phi) is 4.91. The van der Waals surface area contributed by atoms with E-state index in [9.17, 15) is 4.79 Å². The van der Waals surface area contributed by atoms with Crippen LogP contribution in [0.25, 0.3) is 0 Å². The molecule has 19 heavy (non-hydrogen) atoms. The van der Waals surface area contributed by atoms with Crippen molar-refractivity contribution < 1.29 is 9.53 Å². The van der Waals surface area contributed by atoms with Crippen LogP contribution in [0.2, 0.25) is 5.02 Å². The number of carbonyl (C=O) groups is 1. The van der Waals surface area contributed by atoms with Crippen molar-refractivity contribution in [2.45, 2.75) is 9.79 Å². The Morgan fingerprint density at radius 3 is 2.47 bits per heavy atom. The van der Waals surface area contributed by atoms with Crippen molar-refractivity contribution in [2.75, 3.05) is 7.11 Å². The summed E-state index contributed by atoms with van der Waals surface area (Å²) in [7, 11) is 1.35. The molecule has 2 nitrogen and oxygen atoms in total. The summed E-state index contributed by atoms with van der Waals surface area (Å²) < 4.78 is 5.68. The number of ether oxygens (including phenoxy) is 1. The predicted octanol–water partition coefficient (Wildman–Crippen LogP) is 5.04. The first-order valence-electron chi connectivity index (χ1n) is 5.41. The normalized spacial score (nSPS) is 10.3. The summed E-state index contributed by atoms with van der Waals surface area (Å²) in [5.74, 6) is -0.387. The first-order chi connectivity index (χ1) is 9.10. The van der Waals surface area contributed by atoms with Gasteiger partial charge in [0, 0.05) is 14.3 Å². The van der Waals surface area contributed by atoms with Gasteiger partial charge in [0.15, 0.2) is 0 Å². The Hall–Kier alpha value is -0.970. The molecule has 0 aliphatic carbocycles. The zero-order valence-corrected chi connectivity index (χ0v) is 13.2. The third kappa shape index (κ3) is 3.75. The first-order valence-corrected chi connectivity index (χ1v) is 7.40. The van der Waals surface area contributed by atoms with Crippen LogP contribution in [-0.4, -0.2) is 13.1 Å². The number of rotatable bonds is 3. The van der Waals surface area contributed by atoms with Gasteiger partial charge in [-0.1, -0.05) is 39.3 Å². The lowest BCUT2D eigenvalue weighted by Crippen LogP contribution is -2.00. The number of hydrogen-bond donors (Lipinski definition) is 0. The van der Waals surface area contributed by atoms with Crippen LogP contribution in [0.1, 0.15) is 10.4 Å². The summed E-state index contributed by atoms with van der Waals surface area (Å²) in [6.45, 7) is 0. The van der Waals surface area contributed by atoms with E-state index in [4.69, 9.17) is 11.6 Å². The predicted molar refractivity (Wildman–Crippen MR) is 81.1 cm³/mol. The van der Waals surface area contributed by atoms with Crippen molar-refractivity contribution >= 4 is 45.3 Å². The molecule has 0 aliphatic heterocycles. The number of benzene rings is 2. The number of methoxy groups -OCH3 is 1. The largest absolute Gasteiger partial charge is 0.465 e. The van der Waals surface area contributed by atoms with Crippen LogP contribution in [0.3, 0.4) is 0 Å². The van der Waals surface area contributed by atoms with Gasteiger partial charge in [0.2, 0.25) is 0 Å². The number of esters is 1. The van der Waals surface area contributed by atoms with E-state index < -0.39 is 0 Å². The SMILES string of the molecule is COC(=O)c1ccc(Sc2ccc(Br)cc2)c(Cl)c1. The molecule has 0 radical (unpaired) electrons. The van der Waals surface area contributed by atoms with Crippen molar-refractivity contribution in [3.05, 3.63) is 57.5 Å². The highest BCUT2D eigenvalue weighted by atomic mass is 79.9. The quantitative estimate of drug-likeness (QED) is 0.720. The Labute approximate surface area is 129 Å². The standard InChI is InChI=1S/C14H10BrClO2S/c1-18-14(17)9-2-7-13(12(16)8-9)19-11-5-3-10(15)4-6-11/h2-8H,1H3. The molecule has 2 aromatic rings. The summed E-state index contributed by atoms with van der Waals surface area (Å²) >= 11 is 11.1. The smallest absolute Gasteiger partial charge is 0.337 e. The molecule has 0 atom stereocenters. The maximum atomic E-state index is 11.4. The van der Waals surface area contributed by atoms with E-state index in [0.717, 1.165) is 14.3 Å². The molecule has 0 aromatic heterocycles. The van der Waals surface area contributed by atoms with Gasteiger partial charge in [-0.25, -0.2) is 4.79 Å². The molecular formula is C14H10BrClO2S. The van der Waals surface area contributed by atoms with Crippen LogP contribution in [0.4, 0.5) is 0 Å². The van der Waals surface area contributed by atoms with Crippen molar-refractivity contribution in [1.29, 1.82) is 0 Å². The van der Waals surface area contributed by atoms with Gasteiger partial charge in [-0.2, -0.15) is 0 Å². The van der Waals surface area contributed by atoms with Crippen LogP contribution in [0.5, 0.6) is 0 Å². The van der Waals surface area contributed by atoms with E-state index in [0.29, 0.717) is 10.6 Å². The van der Waals surface area contributed by atoms with Crippen molar-refractivity contribution in [2.24, 2.45) is 0 Å². The fourth-order valence-electron chi connectivity index (χ4n) is 1.46. The summed E-state index contributed by atoms with van der Waals surface area (Å²) in [5.41, 5.74) is 0.452. The van der Waals surface area contributed by atoms with Gasteiger partial charge in [-0.05, 0) is 42.5 Å². The highest BCUT2D eigenvalue weighted by Crippen LogP contribution is 2.34. The lowest BCUT2D eigenvalue weighted by Gasteiger charge is -2.06. The Balaban J connectivity index is 2.22. The Bertz CT molecular complexity index is 599. The molecule has 0 aliphatic rings. The van der Waals surface area contributed by atoms with Crippen LogP contribution in [0, 0.1) is 0 Å². The van der Waals surface area contributed by atoms with Crippen molar-refractivity contribution in [3.8, 4) is 0 Å². The maximum Gasteiger partial charge on any atom is 0.337 e. The lowest BCUT2D eigenvalue weighted by atomic mass is 10.2. The van der Waals surface area contributed by atoms with E-state index in [2.05, 4.69) is 20.7 Å². The number of carbonyl (C=O) groups excluding carboxylic acids is 1. The third-order valence-electron chi connectivity index (χ3n) is 2.39. The molecular weight excluding hydrogens is 348 g/mol. The van der Waals surface area contributed by atoms with Gasteiger partial charge >= 0.3 is 5.97 Å². The van der Waals surface area contributed by atoms with E-state index in [1.807, 2.05) is 30.3 Å². The monoisotopic (exact) mass is 356 g/mol. The molecule has 2 rings (SSSR count). The molecule has 0 bridgehead atoms. The van der Waals surface area contributed by atoms with Crippen LogP contribution < -0.4 is 0 Å². The fourth-order valence-corrected chi connectivity index (χ4v) is 2.84. The minimum Gasteiger partial charge on any atom is -0.465 e. The zero-order chi connectivity index (χ0) is 13.8.